The molecule has 0 atom stereocenters. The number of unbranched alkanes of at least 4 members (excludes halogenated alkanes) is 2. The number of anilines is 1. The topological polar surface area (TPSA) is 57.6 Å². The lowest BCUT2D eigenvalue weighted by Crippen LogP contribution is -2.30. The van der Waals surface area contributed by atoms with Crippen molar-refractivity contribution in [2.45, 2.75) is 19.3 Å². The summed E-state index contributed by atoms with van der Waals surface area (Å²) in [6, 6.07) is 4.85. The SMILES string of the molecule is O=C1C(=O)N(CCCCCO)c2cc(Cl)ccc21. The van der Waals surface area contributed by atoms with Gasteiger partial charge in [0.15, 0.2) is 0 Å². The molecule has 4 nitrogen and oxygen atoms in total. The number of hydrogen-bond acceptors (Lipinski definition) is 3. The van der Waals surface area contributed by atoms with Crippen molar-refractivity contribution in [3.8, 4) is 0 Å². The van der Waals surface area contributed by atoms with Crippen LogP contribution >= 0.6 is 11.6 Å². The number of amides is 1. The molecule has 1 heterocycles. The van der Waals surface area contributed by atoms with Crippen LogP contribution in [0.25, 0.3) is 0 Å². The van der Waals surface area contributed by atoms with Gasteiger partial charge in [-0.3, -0.25) is 9.59 Å². The highest BCUT2D eigenvalue weighted by atomic mass is 35.5. The third-order valence-corrected chi connectivity index (χ3v) is 3.21. The van der Waals surface area contributed by atoms with Crippen molar-refractivity contribution in [1.82, 2.24) is 0 Å². The van der Waals surface area contributed by atoms with Gasteiger partial charge in [0, 0.05) is 18.2 Å². The summed E-state index contributed by atoms with van der Waals surface area (Å²) < 4.78 is 0. The molecule has 1 aromatic carbocycles. The molecule has 96 valence electrons. The molecule has 1 aliphatic rings. The second-order valence-electron chi connectivity index (χ2n) is 4.23. The van der Waals surface area contributed by atoms with Crippen molar-refractivity contribution in [3.63, 3.8) is 0 Å². The third-order valence-electron chi connectivity index (χ3n) is 2.97. The fourth-order valence-electron chi connectivity index (χ4n) is 2.05. The van der Waals surface area contributed by atoms with Gasteiger partial charge in [-0.25, -0.2) is 0 Å². The number of ketones is 1. The van der Waals surface area contributed by atoms with Crippen molar-refractivity contribution < 1.29 is 14.7 Å². The minimum absolute atomic E-state index is 0.148. The summed E-state index contributed by atoms with van der Waals surface area (Å²) in [5.74, 6) is -0.958. The van der Waals surface area contributed by atoms with Gasteiger partial charge < -0.3 is 10.0 Å². The van der Waals surface area contributed by atoms with Crippen LogP contribution in [0.2, 0.25) is 5.02 Å². The zero-order chi connectivity index (χ0) is 13.1. The fraction of sp³-hybridized carbons (Fsp3) is 0.385. The molecule has 2 rings (SSSR count). The summed E-state index contributed by atoms with van der Waals surface area (Å²) >= 11 is 5.89. The van der Waals surface area contributed by atoms with Gasteiger partial charge in [-0.15, -0.1) is 0 Å². The van der Waals surface area contributed by atoms with Crippen LogP contribution in [-0.4, -0.2) is 29.9 Å². The number of hydrogen-bond donors (Lipinski definition) is 1. The van der Waals surface area contributed by atoms with Crippen LogP contribution in [0.15, 0.2) is 18.2 Å². The molecule has 5 heteroatoms. The first-order chi connectivity index (χ1) is 8.65. The van der Waals surface area contributed by atoms with E-state index >= 15 is 0 Å². The van der Waals surface area contributed by atoms with Crippen molar-refractivity contribution in [2.75, 3.05) is 18.1 Å². The number of aliphatic hydroxyl groups excluding tert-OH is 1. The Morgan fingerprint density at radius 1 is 1.17 bits per heavy atom. The normalized spacial score (nSPS) is 14.2. The van der Waals surface area contributed by atoms with E-state index in [0.29, 0.717) is 29.2 Å². The molecule has 0 radical (unpaired) electrons. The maximum absolute atomic E-state index is 11.8. The molecule has 0 fully saturated rings. The highest BCUT2D eigenvalue weighted by Gasteiger charge is 2.35. The maximum atomic E-state index is 11.8. The van der Waals surface area contributed by atoms with E-state index in [9.17, 15) is 9.59 Å². The van der Waals surface area contributed by atoms with Crippen molar-refractivity contribution in [1.29, 1.82) is 0 Å². The number of benzene rings is 1. The summed E-state index contributed by atoms with van der Waals surface area (Å²) in [4.78, 5) is 25.0. The van der Waals surface area contributed by atoms with Crippen LogP contribution in [0, 0.1) is 0 Å². The van der Waals surface area contributed by atoms with Gasteiger partial charge in [-0.2, -0.15) is 0 Å². The van der Waals surface area contributed by atoms with E-state index in [0.717, 1.165) is 12.8 Å². The number of Topliss-reactive ketones (excluding diaryl/α,β-unsaturated/α-hetero) is 1. The van der Waals surface area contributed by atoms with E-state index in [1.165, 1.54) is 4.90 Å². The van der Waals surface area contributed by atoms with Gasteiger partial charge >= 0.3 is 0 Å². The Morgan fingerprint density at radius 3 is 2.67 bits per heavy atom. The summed E-state index contributed by atoms with van der Waals surface area (Å²) in [6.45, 7) is 0.632. The number of fused-ring (bicyclic) bond motifs is 1. The van der Waals surface area contributed by atoms with Crippen LogP contribution < -0.4 is 4.90 Å². The third kappa shape index (κ3) is 2.40. The number of rotatable bonds is 5. The summed E-state index contributed by atoms with van der Waals surface area (Å²) in [6.07, 6.45) is 2.29. The number of aliphatic hydroxyl groups is 1. The molecule has 1 N–H and O–H groups in total. The highest BCUT2D eigenvalue weighted by Crippen LogP contribution is 2.31. The standard InChI is InChI=1S/C13H14ClNO3/c14-9-4-5-10-11(8-9)15(13(18)12(10)17)6-2-1-3-7-16/h4-5,8,16H,1-3,6-7H2. The molecule has 1 aliphatic heterocycles. The lowest BCUT2D eigenvalue weighted by molar-refractivity contribution is -0.114. The largest absolute Gasteiger partial charge is 0.396 e. The summed E-state index contributed by atoms with van der Waals surface area (Å²) in [5, 5.41) is 9.21. The number of carbonyl (C=O) groups excluding carboxylic acids is 2. The molecule has 18 heavy (non-hydrogen) atoms. The van der Waals surface area contributed by atoms with E-state index in [-0.39, 0.29) is 6.61 Å². The molecule has 0 aliphatic carbocycles. The van der Waals surface area contributed by atoms with Gasteiger partial charge in [0.1, 0.15) is 0 Å². The Hall–Kier alpha value is -1.39. The van der Waals surface area contributed by atoms with E-state index in [4.69, 9.17) is 16.7 Å². The van der Waals surface area contributed by atoms with Crippen LogP contribution in [0.4, 0.5) is 5.69 Å². The lowest BCUT2D eigenvalue weighted by atomic mass is 10.1. The summed E-state index contributed by atoms with van der Waals surface area (Å²) in [5.41, 5.74) is 1.02. The predicted molar refractivity (Wildman–Crippen MR) is 69.1 cm³/mol. The first kappa shape index (κ1) is 13.1. The lowest BCUT2D eigenvalue weighted by Gasteiger charge is -2.16. The quantitative estimate of drug-likeness (QED) is 0.656. The van der Waals surface area contributed by atoms with Crippen molar-refractivity contribution in [3.05, 3.63) is 28.8 Å². The van der Waals surface area contributed by atoms with E-state index in [1.54, 1.807) is 18.2 Å². The van der Waals surface area contributed by atoms with E-state index in [1.807, 2.05) is 0 Å². The smallest absolute Gasteiger partial charge is 0.299 e. The molecule has 0 spiro atoms. The highest BCUT2D eigenvalue weighted by molar-refractivity contribution is 6.52. The maximum Gasteiger partial charge on any atom is 0.299 e. The predicted octanol–water partition coefficient (Wildman–Crippen LogP) is 2.03. The molecule has 0 aromatic heterocycles. The van der Waals surface area contributed by atoms with Crippen molar-refractivity contribution in [2.24, 2.45) is 0 Å². The van der Waals surface area contributed by atoms with Crippen LogP contribution in [0.5, 0.6) is 0 Å². The fourth-order valence-corrected chi connectivity index (χ4v) is 2.21. The minimum atomic E-state index is -0.490. The molecule has 0 unspecified atom stereocenters. The second kappa shape index (κ2) is 5.50. The molecule has 1 aromatic rings. The van der Waals surface area contributed by atoms with Crippen LogP contribution in [0.3, 0.4) is 0 Å². The molecule has 0 saturated carbocycles. The number of carbonyl (C=O) groups is 2. The van der Waals surface area contributed by atoms with Crippen molar-refractivity contribution >= 4 is 29.0 Å². The van der Waals surface area contributed by atoms with Crippen LogP contribution in [-0.2, 0) is 4.79 Å². The van der Waals surface area contributed by atoms with Gasteiger partial charge in [-0.1, -0.05) is 11.6 Å². The molecule has 1 amide bonds. The Bertz CT molecular complexity index is 487. The first-order valence-electron chi connectivity index (χ1n) is 5.91. The Morgan fingerprint density at radius 2 is 1.94 bits per heavy atom. The Labute approximate surface area is 110 Å². The zero-order valence-corrected chi connectivity index (χ0v) is 10.6. The first-order valence-corrected chi connectivity index (χ1v) is 6.29. The number of nitrogens with zero attached hydrogens (tertiary/aromatic N) is 1. The van der Waals surface area contributed by atoms with E-state index < -0.39 is 11.7 Å². The molecular formula is C13H14ClNO3. The second-order valence-corrected chi connectivity index (χ2v) is 4.67. The minimum Gasteiger partial charge on any atom is -0.396 e. The van der Waals surface area contributed by atoms with Gasteiger partial charge in [-0.05, 0) is 37.5 Å². The van der Waals surface area contributed by atoms with Crippen LogP contribution in [0.1, 0.15) is 29.6 Å². The Kier molecular flexibility index (Phi) is 3.99. The average Bonchev–Trinajstić information content (AvgIpc) is 2.59. The molecule has 0 bridgehead atoms. The summed E-state index contributed by atoms with van der Waals surface area (Å²) in [7, 11) is 0. The Balaban J connectivity index is 2.14. The number of halogens is 1. The average molecular weight is 268 g/mol. The zero-order valence-electron chi connectivity index (χ0n) is 9.86. The van der Waals surface area contributed by atoms with E-state index in [2.05, 4.69) is 0 Å². The molecule has 0 saturated heterocycles. The van der Waals surface area contributed by atoms with Gasteiger partial charge in [0.05, 0.1) is 11.3 Å². The molecular weight excluding hydrogens is 254 g/mol. The monoisotopic (exact) mass is 267 g/mol. The van der Waals surface area contributed by atoms with Gasteiger partial charge in [0.2, 0.25) is 0 Å². The van der Waals surface area contributed by atoms with Gasteiger partial charge in [0.25, 0.3) is 11.7 Å².